The number of hydrogen-bond acceptors (Lipinski definition) is 16. The van der Waals surface area contributed by atoms with E-state index < -0.39 is 35.8 Å². The largest absolute Gasteiger partial charge is 0.534 e. The lowest BCUT2D eigenvalue weighted by Gasteiger charge is -2.12. The van der Waals surface area contributed by atoms with Crippen molar-refractivity contribution < 1.29 is 63.0 Å². The molecule has 394 valence electrons. The molecule has 2 saturated heterocycles. The lowest BCUT2D eigenvalue weighted by Crippen LogP contribution is -2.32. The smallest absolute Gasteiger partial charge is 0.428 e. The Hall–Kier alpha value is -4.23. The molecule has 2 aliphatic heterocycles. The van der Waals surface area contributed by atoms with Gasteiger partial charge in [0.2, 0.25) is 0 Å². The van der Waals surface area contributed by atoms with Gasteiger partial charge >= 0.3 is 12.1 Å². The molecule has 0 bridgehead atoms. The first-order valence-corrected chi connectivity index (χ1v) is 16.9. The van der Waals surface area contributed by atoms with Crippen LogP contribution in [0, 0.1) is 0 Å². The standard InChI is InChI=1S/C13H17NO6.C8H14O2.C6H7NO4.C5H11NO.CH5N.CH4S.12CH4/c1-9(4-3-5-10(2)15)8-19-13(18)20-14-11(16)6-7-12(14)17;1-7(6-9)4-3-5-8(2)10;1-4(8)11-7-5(9)2-3-6(7)10;1-5(4-7)2-3-6;2*1-2;;;;;;;;;;;;/h1,3-8H2,2H3;9H,1,3-6H2,2H3;2-3H2,1H3;7H,1-4,6H2;2H2,1H3;2H,1H3;12*1H4/i/hD. The van der Waals surface area contributed by atoms with E-state index in [2.05, 4.69) is 35.1 Å². The van der Waals surface area contributed by atoms with Crippen molar-refractivity contribution >= 4 is 59.9 Å². The lowest BCUT2D eigenvalue weighted by atomic mass is 10.1. The molecule has 64 heavy (non-hydrogen) atoms. The summed E-state index contributed by atoms with van der Waals surface area (Å²) < 4.78 is 10.9. The second-order valence-corrected chi connectivity index (χ2v) is 10.6. The van der Waals surface area contributed by atoms with E-state index in [1.165, 1.54) is 14.0 Å². The number of nitrogens with zero attached hydrogens (tertiary/aromatic N) is 2. The van der Waals surface area contributed by atoms with Crippen molar-refractivity contribution in [3.8, 4) is 0 Å². The molecule has 2 aliphatic rings. The van der Waals surface area contributed by atoms with Crippen LogP contribution in [0.5, 0.6) is 0 Å². The molecule has 2 rings (SSSR count). The maximum Gasteiger partial charge on any atom is 0.534 e. The molecule has 0 saturated carbocycles. The monoisotopic (exact) mass is 956 g/mol. The lowest BCUT2D eigenvalue weighted by molar-refractivity contribution is -0.195. The number of imide groups is 2. The van der Waals surface area contributed by atoms with E-state index in [0.29, 0.717) is 47.9 Å². The van der Waals surface area contributed by atoms with Crippen LogP contribution in [0.2, 0.25) is 0 Å². The molecule has 0 spiro atoms. The maximum atomic E-state index is 11.3. The van der Waals surface area contributed by atoms with Gasteiger partial charge < -0.3 is 40.8 Å². The molecule has 0 aromatic carbocycles. The zero-order chi connectivity index (χ0) is 41.9. The molecule has 0 radical (unpaired) electrons. The molecule has 0 aliphatic carbocycles. The van der Waals surface area contributed by atoms with E-state index in [-0.39, 0.29) is 146 Å². The number of Topliss-reactive ketones (excluding diaryl/α,β-unsaturated/α-hetero) is 2. The Kier molecular flexibility index (Phi) is 113. The maximum absolute atomic E-state index is 11.3. The topological polar surface area (TPSA) is 263 Å². The zero-order valence-electron chi connectivity index (χ0n) is 32.1. The summed E-state index contributed by atoms with van der Waals surface area (Å²) in [6.45, 7) is 15.7. The third-order valence-corrected chi connectivity index (χ3v) is 5.85. The molecule has 2 heterocycles. The average molecular weight is 956 g/mol. The second kappa shape index (κ2) is 70.4. The first-order valence-electron chi connectivity index (χ1n) is 16.5. The summed E-state index contributed by atoms with van der Waals surface area (Å²) in [4.78, 5) is 95.5. The fourth-order valence-electron chi connectivity index (χ4n) is 3.32. The zero-order valence-corrected chi connectivity index (χ0v) is 31.9. The molecule has 17 nitrogen and oxygen atoms in total. The molecule has 2 fully saturated rings. The fraction of sp³-hybridized carbons (Fsp3) is 0.696. The van der Waals surface area contributed by atoms with Gasteiger partial charge in [0, 0.05) is 45.4 Å². The Labute approximate surface area is 401 Å². The number of ether oxygens (including phenoxy) is 1. The number of rotatable bonds is 16. The highest BCUT2D eigenvalue weighted by Gasteiger charge is 2.33. The Balaban J connectivity index is -0.0000000337. The minimum absolute atomic E-state index is 0. The van der Waals surface area contributed by atoms with E-state index in [9.17, 15) is 38.4 Å². The van der Waals surface area contributed by atoms with Gasteiger partial charge in [-0.2, -0.15) is 12.5 Å². The second-order valence-electron chi connectivity index (χ2n) is 10.6. The predicted molar refractivity (Wildman–Crippen MR) is 276 cm³/mol. The molecule has 18 heteroatoms. The summed E-state index contributed by atoms with van der Waals surface area (Å²) >= 11 is 1.000. The van der Waals surface area contributed by atoms with Gasteiger partial charge in [0.15, 0.2) is 0 Å². The van der Waals surface area contributed by atoms with E-state index in [0.717, 1.165) is 49.9 Å². The SMILES string of the molecule is C.C.C.C.C.C.C.C.C.C.C.C.C=C(CCCC(C)=O)COC(=O)ON1C(=O)CCC1=O.C=C(CO)CCCC(C)=O.C=C(CO)CCN.CC(=O)ON1C(=O)CCC1=O.CN.[2H]SC. The number of ketones is 2. The Bertz CT molecular complexity index is 1190. The molecule has 0 unspecified atom stereocenters. The van der Waals surface area contributed by atoms with E-state index in [1.54, 1.807) is 13.2 Å². The van der Waals surface area contributed by atoms with Crippen LogP contribution in [0.3, 0.4) is 0 Å². The van der Waals surface area contributed by atoms with Crippen LogP contribution in [-0.2, 0) is 48.0 Å². The van der Waals surface area contributed by atoms with Gasteiger partial charge in [-0.15, -0.1) is 5.06 Å². The summed E-state index contributed by atoms with van der Waals surface area (Å²) in [6, 6.07) is 0. The number of amides is 4. The van der Waals surface area contributed by atoms with Gasteiger partial charge in [0.05, 0.1) is 13.2 Å². The minimum Gasteiger partial charge on any atom is -0.428 e. The number of aliphatic hydroxyl groups is 2. The van der Waals surface area contributed by atoms with Gasteiger partial charge in [0.1, 0.15) is 19.3 Å². The van der Waals surface area contributed by atoms with Crippen molar-refractivity contribution in [2.75, 3.05) is 39.7 Å². The Morgan fingerprint density at radius 2 is 0.875 bits per heavy atom. The van der Waals surface area contributed by atoms with Crippen molar-refractivity contribution in [2.24, 2.45) is 11.5 Å². The van der Waals surface area contributed by atoms with Crippen LogP contribution in [-0.4, -0.2) is 108 Å². The van der Waals surface area contributed by atoms with Gasteiger partial charge in [-0.1, -0.05) is 125 Å². The highest BCUT2D eigenvalue weighted by atomic mass is 32.1. The molecule has 6 N–H and O–H groups in total. The summed E-state index contributed by atoms with van der Waals surface area (Å²) in [7, 11) is 1.50. The number of hydrogen-bond donors (Lipinski definition) is 5. The van der Waals surface area contributed by atoms with Crippen molar-refractivity contribution in [3.63, 3.8) is 0 Å². The number of carbonyl (C=O) groups excluding carboxylic acids is 8. The van der Waals surface area contributed by atoms with Gasteiger partial charge in [-0.05, 0) is 71.4 Å². The summed E-state index contributed by atoms with van der Waals surface area (Å²) in [5, 5.41) is 17.8. The summed E-state index contributed by atoms with van der Waals surface area (Å²) in [5.74, 6) is -2.40. The number of aliphatic hydroxyl groups excluding tert-OH is 2. The van der Waals surface area contributed by atoms with Gasteiger partial charge in [-0.3, -0.25) is 24.0 Å². The third-order valence-electron chi connectivity index (χ3n) is 5.85. The fourth-order valence-corrected chi connectivity index (χ4v) is 3.32. The van der Waals surface area contributed by atoms with E-state index in [1.807, 2.05) is 0 Å². The van der Waals surface area contributed by atoms with Crippen LogP contribution in [0.15, 0.2) is 36.5 Å². The van der Waals surface area contributed by atoms with Crippen LogP contribution in [0.25, 0.3) is 0 Å². The molecule has 0 atom stereocenters. The van der Waals surface area contributed by atoms with Gasteiger partial charge in [-0.25, -0.2) is 9.59 Å². The number of nitrogens with two attached hydrogens (primary N) is 2. The predicted octanol–water partition coefficient (Wildman–Crippen LogP) is 10.1. The summed E-state index contributed by atoms with van der Waals surface area (Å²) in [5.41, 5.74) is 11.9. The molecule has 0 aromatic rings. The number of hydroxylamine groups is 4. The molecular weight excluding hydrogens is 849 g/mol. The van der Waals surface area contributed by atoms with Crippen molar-refractivity contribution in [3.05, 3.63) is 36.5 Å². The van der Waals surface area contributed by atoms with Crippen LogP contribution in [0.1, 0.15) is 181 Å². The van der Waals surface area contributed by atoms with Crippen LogP contribution in [0.4, 0.5) is 4.79 Å². The third kappa shape index (κ3) is 64.4. The Morgan fingerprint density at radius 3 is 1.12 bits per heavy atom. The first kappa shape index (κ1) is 103. The highest BCUT2D eigenvalue weighted by Crippen LogP contribution is 2.14. The van der Waals surface area contributed by atoms with Crippen LogP contribution < -0.4 is 11.5 Å². The summed E-state index contributed by atoms with van der Waals surface area (Å²) in [6.07, 6.45) is 5.44. The van der Waals surface area contributed by atoms with Crippen molar-refractivity contribution in [1.82, 2.24) is 10.1 Å². The molecule has 0 aromatic heterocycles. The molecular formula is C46H106N4O13S. The normalized spacial score (nSPS) is 10.3. The average Bonchev–Trinajstić information content (AvgIpc) is 3.59. The first-order chi connectivity index (χ1) is 24.9. The van der Waals surface area contributed by atoms with Crippen molar-refractivity contribution in [2.45, 2.75) is 181 Å². The van der Waals surface area contributed by atoms with Crippen molar-refractivity contribution in [1.29, 1.82) is 1.12 Å². The minimum atomic E-state index is -1.12. The number of thiol groups is 1. The number of carbonyl (C=O) groups is 8. The van der Waals surface area contributed by atoms with Crippen LogP contribution >= 0.6 is 12.5 Å². The van der Waals surface area contributed by atoms with E-state index >= 15 is 0 Å². The quantitative estimate of drug-likeness (QED) is 0.0417. The Morgan fingerprint density at radius 1 is 0.594 bits per heavy atom. The van der Waals surface area contributed by atoms with E-state index in [4.69, 9.17) is 21.8 Å². The molecule has 4 amide bonds. The highest BCUT2D eigenvalue weighted by molar-refractivity contribution is 7.79. The van der Waals surface area contributed by atoms with Gasteiger partial charge in [0.25, 0.3) is 23.6 Å².